The Morgan fingerprint density at radius 1 is 1.07 bits per heavy atom. The number of halogens is 2. The molecule has 2 N–H and O–H groups in total. The van der Waals surface area contributed by atoms with E-state index in [1.165, 1.54) is 19.5 Å². The minimum atomic E-state index is -1.15. The van der Waals surface area contributed by atoms with Crippen LogP contribution < -0.4 is 1.33 Å². The number of nitrogens with zero attached hydrogens (tertiary/aromatic N) is 1. The fourth-order valence-corrected chi connectivity index (χ4v) is 2.11. The molecule has 1 aromatic carbocycles. The predicted octanol–water partition coefficient (Wildman–Crippen LogP) is 2.59. The molecule has 0 spiro atoms. The maximum atomic E-state index is 10.9. The Hall–Kier alpha value is -0.580. The molecule has 0 aliphatic rings. The average molecular weight is 433 g/mol. The largest absolute Gasteiger partial charge is 0.478 e. The van der Waals surface area contributed by atoms with Gasteiger partial charge in [0.05, 0.1) is 62.5 Å². The van der Waals surface area contributed by atoms with Crippen LogP contribution in [0.1, 0.15) is 20.7 Å². The zero-order valence-corrected chi connectivity index (χ0v) is 11.5. The summed E-state index contributed by atoms with van der Waals surface area (Å²) in [5, 5.41) is 17.8. The summed E-state index contributed by atoms with van der Waals surface area (Å²) in [6.07, 6.45) is 0. The van der Waals surface area contributed by atoms with Crippen molar-refractivity contribution in [3.63, 3.8) is 0 Å². The van der Waals surface area contributed by atoms with E-state index in [0.717, 1.165) is 0 Å². The van der Waals surface area contributed by atoms with Gasteiger partial charge in [0.25, 0.3) is 0 Å². The fraction of sp³-hybridized carbons (Fsp3) is 0. The number of rotatable bonds is 3. The summed E-state index contributed by atoms with van der Waals surface area (Å²) < 4.78 is 1.42. The lowest BCUT2D eigenvalue weighted by atomic mass is 10.1. The van der Waals surface area contributed by atoms with Crippen LogP contribution in [0, 0.1) is 0 Å². The molecule has 0 aromatic heterocycles. The van der Waals surface area contributed by atoms with E-state index in [9.17, 15) is 9.59 Å². The van der Waals surface area contributed by atoms with Crippen molar-refractivity contribution in [1.29, 1.82) is 0 Å². The molecule has 80 valence electrons. The summed E-state index contributed by atoms with van der Waals surface area (Å²) >= 11 is 3.64. The standard InChI is InChI=1S/C8H5I2NO4/c9-11(10)6-4(7(12)13)2-1-3-5(6)8(14)15/h1-3H,(H,12,13)(H,14,15). The Kier molecular flexibility index (Phi) is 4.13. The summed E-state index contributed by atoms with van der Waals surface area (Å²) in [7, 11) is 0. The summed E-state index contributed by atoms with van der Waals surface area (Å²) in [5.41, 5.74) is 0.121. The average Bonchev–Trinajstić information content (AvgIpc) is 2.16. The van der Waals surface area contributed by atoms with E-state index < -0.39 is 11.9 Å². The van der Waals surface area contributed by atoms with Crippen LogP contribution in [0.15, 0.2) is 18.2 Å². The van der Waals surface area contributed by atoms with Crippen LogP contribution in [0.25, 0.3) is 0 Å². The van der Waals surface area contributed by atoms with Crippen molar-refractivity contribution in [2.24, 2.45) is 0 Å². The number of anilines is 1. The summed E-state index contributed by atoms with van der Waals surface area (Å²) in [6.45, 7) is 0. The molecule has 0 aliphatic carbocycles. The highest BCUT2D eigenvalue weighted by Crippen LogP contribution is 2.31. The van der Waals surface area contributed by atoms with Crippen LogP contribution in [0.3, 0.4) is 0 Å². The van der Waals surface area contributed by atoms with Crippen LogP contribution in [0.5, 0.6) is 0 Å². The van der Waals surface area contributed by atoms with Crippen LogP contribution in [0.4, 0.5) is 5.69 Å². The topological polar surface area (TPSA) is 77.8 Å². The first-order valence-corrected chi connectivity index (χ1v) is 5.59. The van der Waals surface area contributed by atoms with Crippen molar-refractivity contribution in [2.45, 2.75) is 0 Å². The number of carbonyl (C=O) groups is 2. The van der Waals surface area contributed by atoms with E-state index in [4.69, 9.17) is 10.2 Å². The fourth-order valence-electron chi connectivity index (χ4n) is 1.07. The van der Waals surface area contributed by atoms with Gasteiger partial charge in [0, 0.05) is 0 Å². The first kappa shape index (κ1) is 12.5. The van der Waals surface area contributed by atoms with Gasteiger partial charge in [-0.25, -0.2) is 9.59 Å². The highest BCUT2D eigenvalue weighted by Gasteiger charge is 2.20. The lowest BCUT2D eigenvalue weighted by Crippen LogP contribution is -2.09. The van der Waals surface area contributed by atoms with Crippen LogP contribution in [-0.4, -0.2) is 22.2 Å². The minimum Gasteiger partial charge on any atom is -0.478 e. The molecule has 0 amide bonds. The van der Waals surface area contributed by atoms with E-state index in [2.05, 4.69) is 0 Å². The first-order chi connectivity index (χ1) is 6.95. The zero-order valence-electron chi connectivity index (χ0n) is 7.15. The second kappa shape index (κ2) is 4.96. The molecule has 0 atom stereocenters. The van der Waals surface area contributed by atoms with E-state index in [1.807, 2.05) is 45.7 Å². The summed E-state index contributed by atoms with van der Waals surface area (Å²) in [6, 6.07) is 4.15. The third kappa shape index (κ3) is 2.71. The summed E-state index contributed by atoms with van der Waals surface area (Å²) in [4.78, 5) is 21.7. The van der Waals surface area contributed by atoms with E-state index in [-0.39, 0.29) is 16.8 Å². The van der Waals surface area contributed by atoms with Gasteiger partial charge < -0.3 is 10.2 Å². The zero-order chi connectivity index (χ0) is 11.6. The number of hydrogen-bond acceptors (Lipinski definition) is 3. The molecule has 0 heterocycles. The minimum absolute atomic E-state index is 0.0290. The Morgan fingerprint density at radius 2 is 1.47 bits per heavy atom. The Bertz CT molecular complexity index is 387. The predicted molar refractivity (Wildman–Crippen MR) is 70.9 cm³/mol. The van der Waals surface area contributed by atoms with Gasteiger partial charge in [-0.15, -0.1) is 0 Å². The quantitative estimate of drug-likeness (QED) is 0.567. The second-order valence-corrected chi connectivity index (χ2v) is 6.32. The maximum absolute atomic E-state index is 10.9. The molecular weight excluding hydrogens is 428 g/mol. The SMILES string of the molecule is O=C(O)c1cccc(C(=O)O)c1N(I)I. The Labute approximate surface area is 113 Å². The lowest BCUT2D eigenvalue weighted by molar-refractivity contribution is 0.0696. The van der Waals surface area contributed by atoms with Gasteiger partial charge in [0.2, 0.25) is 0 Å². The van der Waals surface area contributed by atoms with Gasteiger partial charge in [0.15, 0.2) is 0 Å². The van der Waals surface area contributed by atoms with Crippen LogP contribution in [-0.2, 0) is 0 Å². The van der Waals surface area contributed by atoms with Gasteiger partial charge in [-0.1, -0.05) is 6.07 Å². The van der Waals surface area contributed by atoms with Gasteiger partial charge in [-0.05, 0) is 12.1 Å². The highest BCUT2D eigenvalue weighted by atomic mass is 127. The van der Waals surface area contributed by atoms with Gasteiger partial charge in [-0.2, -0.15) is 0 Å². The molecule has 0 saturated carbocycles. The lowest BCUT2D eigenvalue weighted by Gasteiger charge is -2.13. The van der Waals surface area contributed by atoms with Crippen molar-refractivity contribution in [1.82, 2.24) is 0 Å². The molecule has 1 rings (SSSR count). The van der Waals surface area contributed by atoms with Crippen molar-refractivity contribution < 1.29 is 19.8 Å². The molecule has 0 aliphatic heterocycles. The van der Waals surface area contributed by atoms with Crippen LogP contribution >= 0.6 is 45.7 Å². The Morgan fingerprint density at radius 3 is 1.73 bits per heavy atom. The highest BCUT2D eigenvalue weighted by molar-refractivity contribution is 14.2. The maximum Gasteiger partial charge on any atom is 0.337 e. The molecule has 0 fully saturated rings. The molecule has 0 unspecified atom stereocenters. The number of benzene rings is 1. The number of carboxylic acids is 2. The van der Waals surface area contributed by atoms with Crippen molar-refractivity contribution in [3.05, 3.63) is 29.3 Å². The van der Waals surface area contributed by atoms with Crippen molar-refractivity contribution in [3.8, 4) is 0 Å². The summed E-state index contributed by atoms with van der Waals surface area (Å²) in [5.74, 6) is -2.29. The van der Waals surface area contributed by atoms with E-state index in [0.29, 0.717) is 0 Å². The van der Waals surface area contributed by atoms with E-state index in [1.54, 1.807) is 0 Å². The molecule has 15 heavy (non-hydrogen) atoms. The normalized spacial score (nSPS) is 9.73. The van der Waals surface area contributed by atoms with Crippen molar-refractivity contribution in [2.75, 3.05) is 1.33 Å². The van der Waals surface area contributed by atoms with Gasteiger partial charge in [-0.3, -0.25) is 1.33 Å². The molecule has 0 bridgehead atoms. The molecule has 5 nitrogen and oxygen atoms in total. The third-order valence-corrected chi connectivity index (χ3v) is 2.63. The van der Waals surface area contributed by atoms with Gasteiger partial charge in [0.1, 0.15) is 0 Å². The smallest absolute Gasteiger partial charge is 0.337 e. The Balaban J connectivity index is 3.48. The third-order valence-electron chi connectivity index (χ3n) is 1.67. The molecule has 0 saturated heterocycles. The molecule has 0 radical (unpaired) electrons. The molecule has 1 aromatic rings. The first-order valence-electron chi connectivity index (χ1n) is 3.66. The van der Waals surface area contributed by atoms with E-state index >= 15 is 0 Å². The van der Waals surface area contributed by atoms with Crippen LogP contribution in [0.2, 0.25) is 0 Å². The number of carboxylic acid groups (broad SMARTS) is 2. The number of para-hydroxylation sites is 1. The monoisotopic (exact) mass is 433 g/mol. The molecular formula is C8H5I2NO4. The van der Waals surface area contributed by atoms with Gasteiger partial charge >= 0.3 is 11.9 Å². The van der Waals surface area contributed by atoms with Crippen molar-refractivity contribution >= 4 is 63.4 Å². The number of aromatic carboxylic acids is 2. The second-order valence-electron chi connectivity index (χ2n) is 2.54. The molecule has 7 heteroatoms. The number of hydrogen-bond donors (Lipinski definition) is 2.